The topological polar surface area (TPSA) is 130 Å². The second-order valence-corrected chi connectivity index (χ2v) is 16.2. The summed E-state index contributed by atoms with van der Waals surface area (Å²) in [7, 11) is 0. The molecule has 3 saturated carbocycles. The molecule has 10 rings (SSSR count). The summed E-state index contributed by atoms with van der Waals surface area (Å²) >= 11 is 7.98. The number of ether oxygens (including phenoxy) is 3. The number of anilines is 1. The first-order valence-corrected chi connectivity index (χ1v) is 21.2. The predicted molar refractivity (Wildman–Crippen MR) is 227 cm³/mol. The number of esters is 1. The summed E-state index contributed by atoms with van der Waals surface area (Å²) in [6.07, 6.45) is 5.86. The van der Waals surface area contributed by atoms with Crippen molar-refractivity contribution in [3.05, 3.63) is 149 Å². The second kappa shape index (κ2) is 16.8. The molecule has 1 N–H and O–H groups in total. The minimum absolute atomic E-state index is 0.0128. The lowest BCUT2D eigenvalue weighted by atomic mass is 9.61. The number of halogens is 2. The van der Waals surface area contributed by atoms with Crippen LogP contribution in [0.3, 0.4) is 0 Å². The third-order valence-corrected chi connectivity index (χ3v) is 12.7. The maximum atomic E-state index is 17.0. The monoisotopic (exact) mass is 842 g/mol. The van der Waals surface area contributed by atoms with Crippen LogP contribution in [0.1, 0.15) is 49.3 Å². The molecule has 4 heterocycles. The quantitative estimate of drug-likeness (QED) is 0.0721. The highest BCUT2D eigenvalue weighted by Gasteiger charge is 2.49. The van der Waals surface area contributed by atoms with Crippen molar-refractivity contribution in [2.75, 3.05) is 18.7 Å². The number of fused-ring (bicyclic) bond motifs is 4. The van der Waals surface area contributed by atoms with E-state index < -0.39 is 42.2 Å². The summed E-state index contributed by atoms with van der Waals surface area (Å²) in [6.45, 7) is 1.19. The number of hydrogen-bond acceptors (Lipinski definition) is 11. The van der Waals surface area contributed by atoms with Crippen molar-refractivity contribution in [1.82, 2.24) is 24.5 Å². The fraction of sp³-hybridized carbons (Fsp3) is 0.261. The van der Waals surface area contributed by atoms with Crippen LogP contribution >= 0.6 is 22.9 Å². The molecule has 7 aromatic rings. The SMILES string of the molecule is CCOC(=O)OCOC(=O)[C@@H]1C2CCC(CC2)[C@H]1Nc1nc(-c2cn(C(c3ccccc3)(c3ccccc3)c3ccccc3)c3ncc(Cl)nc23)nc(-c2cccs2)c1F. The summed E-state index contributed by atoms with van der Waals surface area (Å²) in [6, 6.07) is 33.6. The van der Waals surface area contributed by atoms with Gasteiger partial charge in [-0.05, 0) is 72.6 Å². The molecule has 0 radical (unpaired) electrons. The number of aromatic nitrogens is 5. The summed E-state index contributed by atoms with van der Waals surface area (Å²) < 4.78 is 34.3. The Morgan fingerprint density at radius 2 is 1.47 bits per heavy atom. The molecular weight excluding hydrogens is 803 g/mol. The van der Waals surface area contributed by atoms with E-state index in [4.69, 9.17) is 45.7 Å². The molecule has 3 aliphatic rings. The molecule has 11 nitrogen and oxygen atoms in total. The molecule has 3 aromatic carbocycles. The second-order valence-electron chi connectivity index (χ2n) is 14.9. The van der Waals surface area contributed by atoms with Gasteiger partial charge in [0.15, 0.2) is 23.1 Å². The van der Waals surface area contributed by atoms with Gasteiger partial charge in [-0.2, -0.15) is 0 Å². The largest absolute Gasteiger partial charge is 0.511 e. The first-order valence-electron chi connectivity index (χ1n) is 19.9. The molecule has 0 amide bonds. The van der Waals surface area contributed by atoms with E-state index in [9.17, 15) is 9.59 Å². The van der Waals surface area contributed by atoms with Crippen LogP contribution in [-0.4, -0.2) is 56.1 Å². The number of thiophene rings is 1. The van der Waals surface area contributed by atoms with Gasteiger partial charge in [0.2, 0.25) is 6.79 Å². The highest BCUT2D eigenvalue weighted by Crippen LogP contribution is 2.48. The van der Waals surface area contributed by atoms with E-state index in [2.05, 4.69) is 46.3 Å². The van der Waals surface area contributed by atoms with E-state index in [0.717, 1.165) is 42.4 Å². The van der Waals surface area contributed by atoms with Gasteiger partial charge in [0.1, 0.15) is 21.9 Å². The van der Waals surface area contributed by atoms with Crippen LogP contribution < -0.4 is 5.32 Å². The van der Waals surface area contributed by atoms with Crippen molar-refractivity contribution in [3.8, 4) is 22.0 Å². The standard InChI is InChI=1S/C46H40ClFN6O5S/c1-2-57-45(56)59-27-58-44(55)36-28-20-22-29(23-21-28)38(36)51-42-37(48)40(34-19-12-24-60-34)52-41(53-42)33-26-54(43-39(33)50-35(47)25-49-43)46(30-13-6-3-7-14-30,31-15-8-4-9-16-31)32-17-10-5-11-18-32/h3-19,24-26,28-29,36,38H,2,20-23,27H2,1H3,(H,51,52,53)/t28?,29?,36-,38-/m1/s1. The average Bonchev–Trinajstić information content (AvgIpc) is 3.96. The third kappa shape index (κ3) is 7.15. The Kier molecular flexibility index (Phi) is 11.0. The Hall–Kier alpha value is -6.18. The number of hydrogen-bond donors (Lipinski definition) is 1. The van der Waals surface area contributed by atoms with Crippen LogP contribution in [0.15, 0.2) is 121 Å². The van der Waals surface area contributed by atoms with Crippen LogP contribution in [0, 0.1) is 23.6 Å². The Balaban J connectivity index is 1.22. The van der Waals surface area contributed by atoms with Gasteiger partial charge >= 0.3 is 12.1 Å². The van der Waals surface area contributed by atoms with E-state index >= 15 is 4.39 Å². The zero-order valence-electron chi connectivity index (χ0n) is 32.5. The number of nitrogens with one attached hydrogen (secondary N) is 1. The van der Waals surface area contributed by atoms with Crippen LogP contribution in [0.4, 0.5) is 15.0 Å². The molecule has 2 bridgehead atoms. The third-order valence-electron chi connectivity index (χ3n) is 11.7. The van der Waals surface area contributed by atoms with Crippen molar-refractivity contribution in [1.29, 1.82) is 0 Å². The normalized spacial score (nSPS) is 18.6. The van der Waals surface area contributed by atoms with Crippen LogP contribution in [-0.2, 0) is 24.5 Å². The predicted octanol–water partition coefficient (Wildman–Crippen LogP) is 10.1. The summed E-state index contributed by atoms with van der Waals surface area (Å²) in [5.74, 6) is -1.67. The first kappa shape index (κ1) is 39.3. The van der Waals surface area contributed by atoms with E-state index in [-0.39, 0.29) is 40.9 Å². The van der Waals surface area contributed by atoms with Crippen LogP contribution in [0.25, 0.3) is 33.1 Å². The fourth-order valence-corrected chi connectivity index (χ4v) is 9.97. The Morgan fingerprint density at radius 1 is 0.833 bits per heavy atom. The number of benzene rings is 3. The van der Waals surface area contributed by atoms with Crippen molar-refractivity contribution in [3.63, 3.8) is 0 Å². The van der Waals surface area contributed by atoms with Crippen LogP contribution in [0.5, 0.6) is 0 Å². The maximum Gasteiger partial charge on any atom is 0.511 e. The van der Waals surface area contributed by atoms with Gasteiger partial charge in [0, 0.05) is 12.2 Å². The smallest absolute Gasteiger partial charge is 0.435 e. The molecule has 0 spiro atoms. The Labute approximate surface area is 354 Å². The van der Waals surface area contributed by atoms with Gasteiger partial charge in [-0.1, -0.05) is 109 Å². The molecular formula is C46H40ClFN6O5S. The molecule has 14 heteroatoms. The van der Waals surface area contributed by atoms with E-state index in [1.54, 1.807) is 13.0 Å². The summed E-state index contributed by atoms with van der Waals surface area (Å²) in [5.41, 5.74) is 3.40. The lowest BCUT2D eigenvalue weighted by Gasteiger charge is -2.47. The van der Waals surface area contributed by atoms with Gasteiger partial charge in [0.05, 0.1) is 29.2 Å². The first-order chi connectivity index (χ1) is 29.4. The molecule has 304 valence electrons. The highest BCUT2D eigenvalue weighted by atomic mass is 35.5. The number of carbonyl (C=O) groups excluding carboxylic acids is 2. The van der Waals surface area contributed by atoms with Gasteiger partial charge in [-0.15, -0.1) is 11.3 Å². The van der Waals surface area contributed by atoms with E-state index in [1.807, 2.05) is 72.2 Å². The Morgan fingerprint density at radius 3 is 2.07 bits per heavy atom. The lowest BCUT2D eigenvalue weighted by molar-refractivity contribution is -0.164. The molecule has 3 fully saturated rings. The van der Waals surface area contributed by atoms with Gasteiger partial charge in [0.25, 0.3) is 0 Å². The van der Waals surface area contributed by atoms with Crippen LogP contribution in [0.2, 0.25) is 5.15 Å². The highest BCUT2D eigenvalue weighted by molar-refractivity contribution is 7.13. The lowest BCUT2D eigenvalue weighted by Crippen LogP contribution is -2.52. The maximum absolute atomic E-state index is 17.0. The molecule has 0 unspecified atom stereocenters. The minimum atomic E-state index is -0.980. The van der Waals surface area contributed by atoms with Gasteiger partial charge in [-0.3, -0.25) is 4.79 Å². The molecule has 4 aromatic heterocycles. The number of nitrogens with zero attached hydrogens (tertiary/aromatic N) is 5. The molecule has 3 aliphatic carbocycles. The van der Waals surface area contributed by atoms with Gasteiger partial charge in [-0.25, -0.2) is 29.1 Å². The number of carbonyl (C=O) groups is 2. The van der Waals surface area contributed by atoms with Crippen molar-refractivity contribution < 1.29 is 28.2 Å². The van der Waals surface area contributed by atoms with E-state index in [1.165, 1.54) is 17.5 Å². The van der Waals surface area contributed by atoms with Crippen molar-refractivity contribution >= 4 is 52.0 Å². The zero-order chi connectivity index (χ0) is 41.2. The molecule has 60 heavy (non-hydrogen) atoms. The Bertz CT molecular complexity index is 2530. The zero-order valence-corrected chi connectivity index (χ0v) is 34.1. The molecule has 0 saturated heterocycles. The van der Waals surface area contributed by atoms with Gasteiger partial charge < -0.3 is 24.1 Å². The van der Waals surface area contributed by atoms with E-state index in [0.29, 0.717) is 21.6 Å². The fourth-order valence-electron chi connectivity index (χ4n) is 9.13. The van der Waals surface area contributed by atoms with Crippen molar-refractivity contribution in [2.24, 2.45) is 17.8 Å². The molecule has 0 aliphatic heterocycles. The number of rotatable bonds is 12. The summed E-state index contributed by atoms with van der Waals surface area (Å²) in [5, 5.41) is 5.42. The molecule has 2 atom stereocenters. The van der Waals surface area contributed by atoms with Crippen molar-refractivity contribution in [2.45, 2.75) is 44.2 Å². The minimum Gasteiger partial charge on any atom is -0.435 e. The summed E-state index contributed by atoms with van der Waals surface area (Å²) in [4.78, 5) is 45.7. The average molecular weight is 843 g/mol.